The maximum absolute atomic E-state index is 11.3. The van der Waals surface area contributed by atoms with Crippen molar-refractivity contribution >= 4 is 20.0 Å². The first-order valence-corrected chi connectivity index (χ1v) is 7.55. The summed E-state index contributed by atoms with van der Waals surface area (Å²) >= 11 is 0. The predicted molar refractivity (Wildman–Crippen MR) is 58.3 cm³/mol. The van der Waals surface area contributed by atoms with Crippen LogP contribution in [0, 0.1) is 0 Å². The van der Waals surface area contributed by atoms with Crippen molar-refractivity contribution in [2.24, 2.45) is 5.73 Å². The summed E-state index contributed by atoms with van der Waals surface area (Å²) in [5.41, 5.74) is 5.19. The molecule has 15 heavy (non-hydrogen) atoms. The van der Waals surface area contributed by atoms with Gasteiger partial charge in [-0.05, 0) is 14.0 Å². The van der Waals surface area contributed by atoms with Gasteiger partial charge in [-0.2, -0.15) is 0 Å². The van der Waals surface area contributed by atoms with Crippen LogP contribution in [0.15, 0.2) is 0 Å². The third-order valence-electron chi connectivity index (χ3n) is 1.85. The third-order valence-corrected chi connectivity index (χ3v) is 5.07. The molecular weight excluding hydrogens is 242 g/mol. The van der Waals surface area contributed by atoms with Crippen LogP contribution in [0.2, 0.25) is 0 Å². The lowest BCUT2D eigenvalue weighted by Gasteiger charge is -2.11. The molecule has 0 spiro atoms. The normalized spacial score (nSPS) is 15.1. The monoisotopic (exact) mass is 259 g/mol. The SMILES string of the molecule is CNS(=O)(=O)CCNS(=O)(=O)C(C)CN. The van der Waals surface area contributed by atoms with E-state index < -0.39 is 25.3 Å². The van der Waals surface area contributed by atoms with Crippen LogP contribution in [0.25, 0.3) is 0 Å². The Morgan fingerprint density at radius 1 is 1.27 bits per heavy atom. The molecule has 0 heterocycles. The van der Waals surface area contributed by atoms with Crippen molar-refractivity contribution in [2.45, 2.75) is 12.2 Å². The van der Waals surface area contributed by atoms with E-state index in [1.807, 2.05) is 0 Å². The van der Waals surface area contributed by atoms with E-state index in [4.69, 9.17) is 5.73 Å². The van der Waals surface area contributed by atoms with Gasteiger partial charge in [0.1, 0.15) is 0 Å². The Kier molecular flexibility index (Phi) is 5.67. The minimum Gasteiger partial charge on any atom is -0.329 e. The highest BCUT2D eigenvalue weighted by molar-refractivity contribution is 7.90. The van der Waals surface area contributed by atoms with Crippen LogP contribution in [0.1, 0.15) is 6.92 Å². The Balaban J connectivity index is 4.19. The molecule has 0 aromatic rings. The van der Waals surface area contributed by atoms with Crippen molar-refractivity contribution in [1.29, 1.82) is 0 Å². The molecule has 0 rings (SSSR count). The molecule has 0 aliphatic heterocycles. The fourth-order valence-corrected chi connectivity index (χ4v) is 2.32. The van der Waals surface area contributed by atoms with E-state index in [0.717, 1.165) is 0 Å². The first kappa shape index (κ1) is 14.8. The van der Waals surface area contributed by atoms with Crippen LogP contribution in [-0.2, 0) is 20.0 Å². The zero-order valence-electron chi connectivity index (χ0n) is 8.73. The van der Waals surface area contributed by atoms with E-state index in [1.54, 1.807) is 0 Å². The highest BCUT2D eigenvalue weighted by Crippen LogP contribution is 1.95. The molecule has 0 saturated carbocycles. The van der Waals surface area contributed by atoms with Gasteiger partial charge in [-0.3, -0.25) is 0 Å². The second kappa shape index (κ2) is 5.75. The average molecular weight is 259 g/mol. The quantitative estimate of drug-likeness (QED) is 0.479. The molecule has 0 fully saturated rings. The van der Waals surface area contributed by atoms with E-state index in [2.05, 4.69) is 9.44 Å². The largest absolute Gasteiger partial charge is 0.329 e. The van der Waals surface area contributed by atoms with Crippen LogP contribution < -0.4 is 15.2 Å². The number of sulfonamides is 2. The van der Waals surface area contributed by atoms with Crippen LogP contribution in [0.4, 0.5) is 0 Å². The van der Waals surface area contributed by atoms with Gasteiger partial charge in [0, 0.05) is 13.1 Å². The first-order chi connectivity index (χ1) is 6.75. The molecule has 0 aliphatic carbocycles. The highest BCUT2D eigenvalue weighted by Gasteiger charge is 2.19. The summed E-state index contributed by atoms with van der Waals surface area (Å²) in [5, 5.41) is -0.727. The summed E-state index contributed by atoms with van der Waals surface area (Å²) in [6, 6.07) is 0. The first-order valence-electron chi connectivity index (χ1n) is 4.35. The van der Waals surface area contributed by atoms with Gasteiger partial charge in [-0.25, -0.2) is 26.3 Å². The number of nitrogens with one attached hydrogen (secondary N) is 2. The van der Waals surface area contributed by atoms with Gasteiger partial charge < -0.3 is 5.73 Å². The molecule has 0 saturated heterocycles. The minimum absolute atomic E-state index is 0.00584. The van der Waals surface area contributed by atoms with Crippen LogP contribution in [0.5, 0.6) is 0 Å². The maximum atomic E-state index is 11.3. The number of hydrogen-bond donors (Lipinski definition) is 3. The standard InChI is InChI=1S/C6H17N3O4S2/c1-6(5-7)15(12,13)9-3-4-14(10,11)8-2/h6,8-9H,3-5,7H2,1-2H3. The smallest absolute Gasteiger partial charge is 0.215 e. The molecule has 0 aromatic heterocycles. The Morgan fingerprint density at radius 3 is 2.20 bits per heavy atom. The predicted octanol–water partition coefficient (Wildman–Crippen LogP) is -2.20. The number of nitrogens with two attached hydrogens (primary N) is 1. The summed E-state index contributed by atoms with van der Waals surface area (Å²) in [4.78, 5) is 0. The molecule has 1 atom stereocenters. The zero-order valence-corrected chi connectivity index (χ0v) is 10.4. The van der Waals surface area contributed by atoms with Crippen LogP contribution in [0.3, 0.4) is 0 Å². The lowest BCUT2D eigenvalue weighted by Crippen LogP contribution is -2.40. The molecule has 0 aromatic carbocycles. The van der Waals surface area contributed by atoms with Gasteiger partial charge >= 0.3 is 0 Å². The van der Waals surface area contributed by atoms with Crippen molar-refractivity contribution in [3.63, 3.8) is 0 Å². The second-order valence-electron chi connectivity index (χ2n) is 3.01. The van der Waals surface area contributed by atoms with Crippen molar-refractivity contribution in [2.75, 3.05) is 25.9 Å². The van der Waals surface area contributed by atoms with Gasteiger partial charge in [0.25, 0.3) is 0 Å². The van der Waals surface area contributed by atoms with E-state index in [9.17, 15) is 16.8 Å². The van der Waals surface area contributed by atoms with E-state index in [0.29, 0.717) is 0 Å². The van der Waals surface area contributed by atoms with Crippen LogP contribution in [-0.4, -0.2) is 48.0 Å². The van der Waals surface area contributed by atoms with E-state index >= 15 is 0 Å². The number of hydrogen-bond acceptors (Lipinski definition) is 5. The van der Waals surface area contributed by atoms with Crippen molar-refractivity contribution in [3.8, 4) is 0 Å². The molecule has 9 heteroatoms. The lowest BCUT2D eigenvalue weighted by atomic mass is 10.5. The van der Waals surface area contributed by atoms with Crippen molar-refractivity contribution < 1.29 is 16.8 Å². The summed E-state index contributed by atoms with van der Waals surface area (Å²) in [6.45, 7) is 1.29. The summed E-state index contributed by atoms with van der Waals surface area (Å²) in [7, 11) is -5.62. The topological polar surface area (TPSA) is 118 Å². The molecular formula is C6H17N3O4S2. The van der Waals surface area contributed by atoms with Crippen molar-refractivity contribution in [3.05, 3.63) is 0 Å². The molecule has 92 valence electrons. The van der Waals surface area contributed by atoms with Crippen molar-refractivity contribution in [1.82, 2.24) is 9.44 Å². The van der Waals surface area contributed by atoms with Gasteiger partial charge in [-0.1, -0.05) is 0 Å². The maximum Gasteiger partial charge on any atom is 0.215 e. The Bertz CT molecular complexity index is 375. The zero-order chi connectivity index (χ0) is 12.1. The molecule has 0 aliphatic rings. The van der Waals surface area contributed by atoms with E-state index in [-0.39, 0.29) is 18.8 Å². The molecule has 7 nitrogen and oxygen atoms in total. The fourth-order valence-electron chi connectivity index (χ4n) is 0.689. The summed E-state index contributed by atoms with van der Waals surface area (Å²) < 4.78 is 48.8. The third kappa shape index (κ3) is 5.42. The molecule has 0 bridgehead atoms. The summed E-state index contributed by atoms with van der Waals surface area (Å²) in [5.74, 6) is -0.292. The number of rotatable bonds is 7. The molecule has 4 N–H and O–H groups in total. The lowest BCUT2D eigenvalue weighted by molar-refractivity contribution is 0.569. The van der Waals surface area contributed by atoms with Crippen LogP contribution >= 0.6 is 0 Å². The van der Waals surface area contributed by atoms with Gasteiger partial charge in [0.15, 0.2) is 0 Å². The average Bonchev–Trinajstić information content (AvgIpc) is 2.16. The second-order valence-corrected chi connectivity index (χ2v) is 7.24. The minimum atomic E-state index is -3.51. The van der Waals surface area contributed by atoms with Gasteiger partial charge in [0.05, 0.1) is 11.0 Å². The van der Waals surface area contributed by atoms with Gasteiger partial charge in [-0.15, -0.1) is 0 Å². The Labute approximate surface area is 90.5 Å². The molecule has 0 radical (unpaired) electrons. The summed E-state index contributed by atoms with van der Waals surface area (Å²) in [6.07, 6.45) is 0. The molecule has 0 amide bonds. The Hall–Kier alpha value is -0.220. The molecule has 1 unspecified atom stereocenters. The van der Waals surface area contributed by atoms with E-state index in [1.165, 1.54) is 14.0 Å². The Morgan fingerprint density at radius 2 is 1.80 bits per heavy atom. The fraction of sp³-hybridized carbons (Fsp3) is 1.00. The highest BCUT2D eigenvalue weighted by atomic mass is 32.2. The van der Waals surface area contributed by atoms with Gasteiger partial charge in [0.2, 0.25) is 20.0 Å².